The van der Waals surface area contributed by atoms with Crippen LogP contribution in [-0.2, 0) is 10.2 Å². The van der Waals surface area contributed by atoms with Gasteiger partial charge in [-0.1, -0.05) is 44.2 Å². The van der Waals surface area contributed by atoms with Gasteiger partial charge in [-0.25, -0.2) is 0 Å². The molecule has 1 aliphatic carbocycles. The van der Waals surface area contributed by atoms with Crippen molar-refractivity contribution < 1.29 is 4.79 Å². The number of carbonyl (C=O) groups excluding carboxylic acids is 1. The third-order valence-corrected chi connectivity index (χ3v) is 4.69. The van der Waals surface area contributed by atoms with E-state index in [1.54, 1.807) is 0 Å². The number of nitrogens with one attached hydrogen (secondary N) is 1. The summed E-state index contributed by atoms with van der Waals surface area (Å²) in [4.78, 5) is 12.7. The normalized spacial score (nSPS) is 16.8. The summed E-state index contributed by atoms with van der Waals surface area (Å²) in [6, 6.07) is 10.2. The Morgan fingerprint density at radius 3 is 2.40 bits per heavy atom. The third-order valence-electron chi connectivity index (χ3n) is 4.69. The van der Waals surface area contributed by atoms with Crippen molar-refractivity contribution in [2.75, 3.05) is 6.54 Å². The average molecular weight is 274 g/mol. The Kier molecular flexibility index (Phi) is 4.81. The van der Waals surface area contributed by atoms with Crippen LogP contribution in [0.15, 0.2) is 30.3 Å². The molecule has 1 aromatic carbocycles. The number of hydrogen-bond donors (Lipinski definition) is 2. The minimum Gasteiger partial charge on any atom is -0.354 e. The maximum Gasteiger partial charge on any atom is 0.230 e. The molecule has 0 saturated heterocycles. The summed E-state index contributed by atoms with van der Waals surface area (Å²) in [6.45, 7) is 4.76. The Morgan fingerprint density at radius 2 is 1.90 bits per heavy atom. The van der Waals surface area contributed by atoms with Crippen molar-refractivity contribution in [1.29, 1.82) is 0 Å². The van der Waals surface area contributed by atoms with Crippen LogP contribution < -0.4 is 11.1 Å². The van der Waals surface area contributed by atoms with Crippen LogP contribution in [0.1, 0.15) is 45.1 Å². The van der Waals surface area contributed by atoms with Gasteiger partial charge in [0.1, 0.15) is 0 Å². The van der Waals surface area contributed by atoms with Crippen molar-refractivity contribution >= 4 is 5.91 Å². The van der Waals surface area contributed by atoms with Gasteiger partial charge < -0.3 is 11.1 Å². The molecular weight excluding hydrogens is 248 g/mol. The molecular formula is C17H26N2O. The lowest BCUT2D eigenvalue weighted by Crippen LogP contribution is -2.48. The van der Waals surface area contributed by atoms with Crippen molar-refractivity contribution in [2.45, 2.75) is 51.0 Å². The number of nitrogens with two attached hydrogens (primary N) is 1. The molecule has 1 fully saturated rings. The first-order valence-electron chi connectivity index (χ1n) is 7.73. The Hall–Kier alpha value is -1.35. The molecule has 1 aromatic rings. The van der Waals surface area contributed by atoms with Gasteiger partial charge >= 0.3 is 0 Å². The van der Waals surface area contributed by atoms with E-state index in [-0.39, 0.29) is 11.9 Å². The maximum absolute atomic E-state index is 12.7. The number of hydrogen-bond acceptors (Lipinski definition) is 2. The van der Waals surface area contributed by atoms with Gasteiger partial charge in [-0.2, -0.15) is 0 Å². The molecule has 1 saturated carbocycles. The number of rotatable bonds is 7. The minimum atomic E-state index is -0.426. The van der Waals surface area contributed by atoms with Crippen molar-refractivity contribution in [2.24, 2.45) is 11.7 Å². The van der Waals surface area contributed by atoms with Gasteiger partial charge in [-0.05, 0) is 37.2 Å². The molecule has 1 atom stereocenters. The zero-order valence-corrected chi connectivity index (χ0v) is 12.6. The zero-order chi connectivity index (χ0) is 14.6. The van der Waals surface area contributed by atoms with E-state index in [2.05, 4.69) is 19.2 Å². The molecule has 2 rings (SSSR count). The topological polar surface area (TPSA) is 55.1 Å². The van der Waals surface area contributed by atoms with Gasteiger partial charge in [0.25, 0.3) is 0 Å². The molecule has 0 spiro atoms. The Morgan fingerprint density at radius 1 is 1.30 bits per heavy atom. The van der Waals surface area contributed by atoms with Gasteiger partial charge in [0.05, 0.1) is 5.41 Å². The molecule has 1 aliphatic rings. The summed E-state index contributed by atoms with van der Waals surface area (Å²) in [5, 5.41) is 3.08. The first-order valence-corrected chi connectivity index (χ1v) is 7.73. The van der Waals surface area contributed by atoms with Crippen LogP contribution in [0.25, 0.3) is 0 Å². The molecule has 0 aliphatic heterocycles. The largest absolute Gasteiger partial charge is 0.354 e. The summed E-state index contributed by atoms with van der Waals surface area (Å²) in [6.07, 6.45) is 4.03. The monoisotopic (exact) mass is 274 g/mol. The second kappa shape index (κ2) is 6.40. The maximum atomic E-state index is 12.7. The van der Waals surface area contributed by atoms with Crippen LogP contribution >= 0.6 is 0 Å². The molecule has 20 heavy (non-hydrogen) atoms. The smallest absolute Gasteiger partial charge is 0.230 e. The second-order valence-electron chi connectivity index (χ2n) is 5.87. The van der Waals surface area contributed by atoms with E-state index in [0.29, 0.717) is 12.5 Å². The summed E-state index contributed by atoms with van der Waals surface area (Å²) in [5.41, 5.74) is 6.75. The van der Waals surface area contributed by atoms with E-state index in [0.717, 1.165) is 18.4 Å². The van der Waals surface area contributed by atoms with E-state index in [4.69, 9.17) is 5.73 Å². The van der Waals surface area contributed by atoms with E-state index in [1.165, 1.54) is 12.8 Å². The molecule has 3 nitrogen and oxygen atoms in total. The summed E-state index contributed by atoms with van der Waals surface area (Å²) < 4.78 is 0. The van der Waals surface area contributed by atoms with Gasteiger partial charge in [-0.15, -0.1) is 0 Å². The van der Waals surface area contributed by atoms with Crippen molar-refractivity contribution in [3.05, 3.63) is 35.9 Å². The Labute approximate surface area is 121 Å². The van der Waals surface area contributed by atoms with Crippen molar-refractivity contribution in [3.63, 3.8) is 0 Å². The molecule has 110 valence electrons. The summed E-state index contributed by atoms with van der Waals surface area (Å²) in [7, 11) is 0. The number of amides is 1. The second-order valence-corrected chi connectivity index (χ2v) is 5.87. The molecule has 0 bridgehead atoms. The van der Waals surface area contributed by atoms with Gasteiger partial charge in [0, 0.05) is 12.6 Å². The highest BCUT2D eigenvalue weighted by Crippen LogP contribution is 2.33. The highest BCUT2D eigenvalue weighted by molar-refractivity contribution is 5.88. The SMILES string of the molecule is CCC(CC)(C(=O)NCC(N)C1CC1)c1ccccc1. The van der Waals surface area contributed by atoms with Crippen LogP contribution in [0.4, 0.5) is 0 Å². The van der Waals surface area contributed by atoms with Gasteiger partial charge in [-0.3, -0.25) is 4.79 Å². The fourth-order valence-electron chi connectivity index (χ4n) is 2.94. The fourth-order valence-corrected chi connectivity index (χ4v) is 2.94. The lowest BCUT2D eigenvalue weighted by Gasteiger charge is -2.31. The van der Waals surface area contributed by atoms with E-state index in [1.807, 2.05) is 30.3 Å². The molecule has 3 N–H and O–H groups in total. The average Bonchev–Trinajstić information content (AvgIpc) is 3.32. The summed E-state index contributed by atoms with van der Waals surface area (Å²) >= 11 is 0. The third kappa shape index (κ3) is 3.04. The first-order chi connectivity index (χ1) is 9.64. The molecule has 3 heteroatoms. The lowest BCUT2D eigenvalue weighted by atomic mass is 9.75. The fraction of sp³-hybridized carbons (Fsp3) is 0.588. The van der Waals surface area contributed by atoms with Crippen LogP contribution in [0, 0.1) is 5.92 Å². The first kappa shape index (κ1) is 15.0. The standard InChI is InChI=1S/C17H26N2O/c1-3-17(4-2,14-8-6-5-7-9-14)16(20)19-12-15(18)13-10-11-13/h5-9,13,15H,3-4,10-12,18H2,1-2H3,(H,19,20). The molecule has 1 unspecified atom stereocenters. The van der Waals surface area contributed by atoms with Crippen LogP contribution in [0.2, 0.25) is 0 Å². The Balaban J connectivity index is 2.08. The Bertz CT molecular complexity index is 436. The highest BCUT2D eigenvalue weighted by atomic mass is 16.2. The van der Waals surface area contributed by atoms with Crippen LogP contribution in [-0.4, -0.2) is 18.5 Å². The zero-order valence-electron chi connectivity index (χ0n) is 12.6. The van der Waals surface area contributed by atoms with Gasteiger partial charge in [0.2, 0.25) is 5.91 Å². The van der Waals surface area contributed by atoms with Crippen molar-refractivity contribution in [1.82, 2.24) is 5.32 Å². The molecule has 0 heterocycles. The highest BCUT2D eigenvalue weighted by Gasteiger charge is 2.37. The van der Waals surface area contributed by atoms with Gasteiger partial charge in [0.15, 0.2) is 0 Å². The molecule has 0 radical (unpaired) electrons. The minimum absolute atomic E-state index is 0.112. The van der Waals surface area contributed by atoms with Crippen molar-refractivity contribution in [3.8, 4) is 0 Å². The lowest BCUT2D eigenvalue weighted by molar-refractivity contribution is -0.127. The quantitative estimate of drug-likeness (QED) is 0.803. The number of carbonyl (C=O) groups is 1. The van der Waals surface area contributed by atoms with E-state index >= 15 is 0 Å². The van der Waals surface area contributed by atoms with E-state index in [9.17, 15) is 4.79 Å². The number of benzene rings is 1. The van der Waals surface area contributed by atoms with Crippen LogP contribution in [0.5, 0.6) is 0 Å². The predicted octanol–water partition coefficient (Wildman–Crippen LogP) is 2.60. The molecule has 0 aromatic heterocycles. The molecule has 1 amide bonds. The van der Waals surface area contributed by atoms with Crippen LogP contribution in [0.3, 0.4) is 0 Å². The van der Waals surface area contributed by atoms with E-state index < -0.39 is 5.41 Å². The predicted molar refractivity (Wildman–Crippen MR) is 82.4 cm³/mol. The summed E-state index contributed by atoms with van der Waals surface area (Å²) in [5.74, 6) is 0.731.